The quantitative estimate of drug-likeness (QED) is 0.213. The average molecular weight is 483 g/mol. The van der Waals surface area contributed by atoms with Gasteiger partial charge in [0, 0.05) is 48.0 Å². The zero-order valence-electron chi connectivity index (χ0n) is 17.9. The summed E-state index contributed by atoms with van der Waals surface area (Å²) < 4.78 is 2.06. The lowest BCUT2D eigenvalue weighted by Gasteiger charge is -2.11. The van der Waals surface area contributed by atoms with Gasteiger partial charge in [-0.25, -0.2) is 4.98 Å². The topological polar surface area (TPSA) is 91.7 Å². The van der Waals surface area contributed by atoms with Gasteiger partial charge in [-0.1, -0.05) is 18.2 Å². The Morgan fingerprint density at radius 2 is 1.73 bits per heavy atom. The van der Waals surface area contributed by atoms with Gasteiger partial charge in [-0.3, -0.25) is 9.67 Å². The monoisotopic (exact) mass is 482 g/mol. The van der Waals surface area contributed by atoms with Gasteiger partial charge >= 0.3 is 0 Å². The molecule has 0 amide bonds. The Hall–Kier alpha value is -3.23. The molecule has 0 radical (unpaired) electrons. The number of nitrogens with one attached hydrogen (secondary N) is 4. The number of nitrogens with zero attached hydrogens (tertiary/aromatic N) is 4. The van der Waals surface area contributed by atoms with Crippen LogP contribution in [0.2, 0.25) is 0 Å². The maximum absolute atomic E-state index is 5.77. The van der Waals surface area contributed by atoms with Gasteiger partial charge in [0.2, 0.25) is 5.95 Å². The molecule has 2 heterocycles. The summed E-state index contributed by atoms with van der Waals surface area (Å²) in [5, 5.41) is 6.77. The number of imidazole rings is 1. The van der Waals surface area contributed by atoms with Crippen molar-refractivity contribution in [2.24, 2.45) is 5.92 Å². The SMILES string of the molecule is ClNc1ccc(CCn2cnc3c(Nc4cccc(NCl)c4)nc(NCC4CC4)nc32)cc1. The van der Waals surface area contributed by atoms with Crippen molar-refractivity contribution in [2.75, 3.05) is 26.9 Å². The van der Waals surface area contributed by atoms with Crippen LogP contribution in [-0.2, 0) is 13.0 Å². The Labute approximate surface area is 202 Å². The fourth-order valence-corrected chi connectivity index (χ4v) is 3.85. The number of benzene rings is 2. The molecule has 0 atom stereocenters. The molecule has 2 aromatic heterocycles. The molecule has 0 unspecified atom stereocenters. The van der Waals surface area contributed by atoms with Crippen LogP contribution in [-0.4, -0.2) is 26.1 Å². The summed E-state index contributed by atoms with van der Waals surface area (Å²) >= 11 is 11.4. The van der Waals surface area contributed by atoms with Crippen LogP contribution in [0, 0.1) is 5.92 Å². The molecule has 2 aromatic carbocycles. The van der Waals surface area contributed by atoms with Crippen LogP contribution < -0.4 is 20.3 Å². The number of rotatable bonds is 10. The first-order chi connectivity index (χ1) is 16.2. The fraction of sp³-hybridized carbons (Fsp3) is 0.261. The molecule has 1 fully saturated rings. The molecular formula is C23H24Cl2N8. The van der Waals surface area contributed by atoms with Crippen molar-refractivity contribution >= 4 is 63.5 Å². The van der Waals surface area contributed by atoms with Gasteiger partial charge in [0.15, 0.2) is 17.0 Å². The largest absolute Gasteiger partial charge is 0.354 e. The first kappa shape index (κ1) is 21.6. The Bertz CT molecular complexity index is 1240. The maximum atomic E-state index is 5.77. The van der Waals surface area contributed by atoms with Gasteiger partial charge in [0.25, 0.3) is 0 Å². The maximum Gasteiger partial charge on any atom is 0.226 e. The predicted octanol–water partition coefficient (Wildman–Crippen LogP) is 5.77. The van der Waals surface area contributed by atoms with E-state index in [-0.39, 0.29) is 0 Å². The molecule has 0 aliphatic heterocycles. The molecule has 1 saturated carbocycles. The highest BCUT2D eigenvalue weighted by atomic mass is 35.5. The first-order valence-corrected chi connectivity index (χ1v) is 11.6. The number of hydrogen-bond acceptors (Lipinski definition) is 7. The summed E-state index contributed by atoms with van der Waals surface area (Å²) in [6, 6.07) is 15.7. The molecule has 0 saturated heterocycles. The molecule has 1 aliphatic rings. The van der Waals surface area contributed by atoms with Crippen LogP contribution in [0.1, 0.15) is 18.4 Å². The van der Waals surface area contributed by atoms with Gasteiger partial charge in [-0.15, -0.1) is 0 Å². The van der Waals surface area contributed by atoms with Crippen LogP contribution >= 0.6 is 23.6 Å². The molecule has 170 valence electrons. The van der Waals surface area contributed by atoms with Crippen molar-refractivity contribution in [2.45, 2.75) is 25.8 Å². The van der Waals surface area contributed by atoms with E-state index in [9.17, 15) is 0 Å². The molecule has 10 heteroatoms. The van der Waals surface area contributed by atoms with E-state index in [0.717, 1.165) is 47.7 Å². The lowest BCUT2D eigenvalue weighted by atomic mass is 10.1. The molecule has 0 bridgehead atoms. The highest BCUT2D eigenvalue weighted by Crippen LogP contribution is 2.30. The van der Waals surface area contributed by atoms with Crippen molar-refractivity contribution in [1.82, 2.24) is 19.5 Å². The third-order valence-electron chi connectivity index (χ3n) is 5.65. The highest BCUT2D eigenvalue weighted by molar-refractivity contribution is 6.24. The van der Waals surface area contributed by atoms with Crippen molar-refractivity contribution in [3.05, 3.63) is 60.4 Å². The fourth-order valence-electron chi connectivity index (χ4n) is 3.61. The zero-order valence-corrected chi connectivity index (χ0v) is 19.4. The Morgan fingerprint density at radius 3 is 2.48 bits per heavy atom. The molecule has 4 N–H and O–H groups in total. The minimum atomic E-state index is 0.600. The number of hydrogen-bond donors (Lipinski definition) is 4. The smallest absolute Gasteiger partial charge is 0.226 e. The number of aryl methyl sites for hydroxylation is 2. The second kappa shape index (κ2) is 9.72. The number of anilines is 5. The number of fused-ring (bicyclic) bond motifs is 1. The third-order valence-corrected chi connectivity index (χ3v) is 6.08. The van der Waals surface area contributed by atoms with E-state index in [1.54, 1.807) is 0 Å². The summed E-state index contributed by atoms with van der Waals surface area (Å²) in [4.78, 5) is 19.4. The summed E-state index contributed by atoms with van der Waals surface area (Å²) in [5.74, 6) is 1.96. The Kier molecular flexibility index (Phi) is 6.37. The molecule has 1 aliphatic carbocycles. The molecule has 33 heavy (non-hydrogen) atoms. The van der Waals surface area contributed by atoms with Crippen molar-refractivity contribution < 1.29 is 0 Å². The molecule has 0 spiro atoms. The van der Waals surface area contributed by atoms with E-state index in [4.69, 9.17) is 33.5 Å². The van der Waals surface area contributed by atoms with Crippen LogP contribution in [0.25, 0.3) is 11.2 Å². The van der Waals surface area contributed by atoms with Crippen molar-refractivity contribution in [1.29, 1.82) is 0 Å². The molecule has 5 rings (SSSR count). The Morgan fingerprint density at radius 1 is 0.939 bits per heavy atom. The number of aromatic nitrogens is 4. The molecular weight excluding hydrogens is 459 g/mol. The molecule has 8 nitrogen and oxygen atoms in total. The van der Waals surface area contributed by atoms with Gasteiger partial charge in [-0.05, 0) is 61.1 Å². The first-order valence-electron chi connectivity index (χ1n) is 10.9. The van der Waals surface area contributed by atoms with Crippen LogP contribution in [0.3, 0.4) is 0 Å². The lowest BCUT2D eigenvalue weighted by molar-refractivity contribution is 0.709. The van der Waals surface area contributed by atoms with E-state index in [2.05, 4.69) is 42.0 Å². The van der Waals surface area contributed by atoms with Gasteiger partial charge in [0.1, 0.15) is 0 Å². The van der Waals surface area contributed by atoms with Crippen molar-refractivity contribution in [3.8, 4) is 0 Å². The van der Waals surface area contributed by atoms with Crippen LogP contribution in [0.4, 0.5) is 28.8 Å². The summed E-state index contributed by atoms with van der Waals surface area (Å²) in [6.45, 7) is 1.63. The number of halogens is 2. The third kappa shape index (κ3) is 5.23. The van der Waals surface area contributed by atoms with E-state index in [1.165, 1.54) is 18.4 Å². The second-order valence-electron chi connectivity index (χ2n) is 8.17. The second-order valence-corrected chi connectivity index (χ2v) is 8.55. The van der Waals surface area contributed by atoms with E-state index < -0.39 is 0 Å². The molecule has 4 aromatic rings. The highest BCUT2D eigenvalue weighted by Gasteiger charge is 2.22. The van der Waals surface area contributed by atoms with E-state index in [1.807, 2.05) is 42.7 Å². The normalized spacial score (nSPS) is 13.2. The lowest BCUT2D eigenvalue weighted by Crippen LogP contribution is -2.10. The van der Waals surface area contributed by atoms with Gasteiger partial charge in [-0.2, -0.15) is 9.97 Å². The van der Waals surface area contributed by atoms with Crippen LogP contribution in [0.15, 0.2) is 54.9 Å². The summed E-state index contributed by atoms with van der Waals surface area (Å²) in [6.07, 6.45) is 5.18. The predicted molar refractivity (Wildman–Crippen MR) is 135 cm³/mol. The Balaban J connectivity index is 1.42. The van der Waals surface area contributed by atoms with Crippen molar-refractivity contribution in [3.63, 3.8) is 0 Å². The van der Waals surface area contributed by atoms with E-state index >= 15 is 0 Å². The van der Waals surface area contributed by atoms with Gasteiger partial charge < -0.3 is 15.2 Å². The standard InChI is InChI=1S/C23H24Cl2N8/c24-31-17-8-6-15(7-9-17)10-11-33-14-27-20-21(28-18-2-1-3-19(12-18)32-25)29-23(30-22(20)33)26-13-16-4-5-16/h1-3,6-9,12,14,16,31-32H,4-5,10-11,13H2,(H2,26,28,29,30). The van der Waals surface area contributed by atoms with Gasteiger partial charge in [0.05, 0.1) is 12.0 Å². The average Bonchev–Trinajstić information content (AvgIpc) is 3.60. The minimum absolute atomic E-state index is 0.600. The zero-order chi connectivity index (χ0) is 22.6. The van der Waals surface area contributed by atoms with Crippen LogP contribution in [0.5, 0.6) is 0 Å². The summed E-state index contributed by atoms with van der Waals surface area (Å²) in [7, 11) is 0. The summed E-state index contributed by atoms with van der Waals surface area (Å²) in [5.41, 5.74) is 5.24. The van der Waals surface area contributed by atoms with E-state index in [0.29, 0.717) is 17.7 Å². The minimum Gasteiger partial charge on any atom is -0.354 e.